The van der Waals surface area contributed by atoms with Crippen LogP contribution < -0.4 is 9.47 Å². The van der Waals surface area contributed by atoms with E-state index in [0.29, 0.717) is 5.75 Å². The van der Waals surface area contributed by atoms with Crippen molar-refractivity contribution in [1.82, 2.24) is 0 Å². The number of rotatable bonds is 6. The lowest BCUT2D eigenvalue weighted by Gasteiger charge is -2.08. The maximum Gasteiger partial charge on any atom is 0.273 e. The van der Waals surface area contributed by atoms with Crippen molar-refractivity contribution in [3.05, 3.63) is 38.8 Å². The lowest BCUT2D eigenvalue weighted by Crippen LogP contribution is -2.02. The number of nitro groups is 1. The summed E-state index contributed by atoms with van der Waals surface area (Å²) in [4.78, 5) is 12.6. The molecule has 0 radical (unpaired) electrons. The van der Waals surface area contributed by atoms with Gasteiger partial charge in [-0.2, -0.15) is 0 Å². The molecule has 1 aromatic rings. The molecule has 0 unspecified atom stereocenters. The molecule has 8 heteroatoms. The Morgan fingerprint density at radius 1 is 1.53 bits per heavy atom. The molecular formula is C9H10N4O4. The minimum absolute atomic E-state index is 0.0794. The number of benzene rings is 1. The van der Waals surface area contributed by atoms with Gasteiger partial charge in [0, 0.05) is 11.0 Å². The number of hydrogen-bond acceptors (Lipinski definition) is 5. The van der Waals surface area contributed by atoms with Crippen molar-refractivity contribution in [2.45, 2.75) is 0 Å². The Bertz CT molecular complexity index is 456. The van der Waals surface area contributed by atoms with Crippen LogP contribution in [0.15, 0.2) is 23.3 Å². The molecule has 0 saturated heterocycles. The minimum atomic E-state index is -0.522. The summed E-state index contributed by atoms with van der Waals surface area (Å²) in [6.45, 7) is 0.356. The summed E-state index contributed by atoms with van der Waals surface area (Å²) in [6, 6.07) is 4.02. The van der Waals surface area contributed by atoms with Gasteiger partial charge in [0.1, 0.15) is 0 Å². The van der Waals surface area contributed by atoms with Crippen molar-refractivity contribution in [2.24, 2.45) is 5.11 Å². The van der Waals surface area contributed by atoms with Crippen molar-refractivity contribution < 1.29 is 14.4 Å². The van der Waals surface area contributed by atoms with E-state index >= 15 is 0 Å². The maximum absolute atomic E-state index is 10.5. The lowest BCUT2D eigenvalue weighted by atomic mass is 10.3. The van der Waals surface area contributed by atoms with Crippen molar-refractivity contribution in [3.8, 4) is 11.5 Å². The smallest absolute Gasteiger partial charge is 0.273 e. The van der Waals surface area contributed by atoms with Crippen LogP contribution in [0.5, 0.6) is 11.5 Å². The molecule has 0 aliphatic rings. The molecular weight excluding hydrogens is 228 g/mol. The van der Waals surface area contributed by atoms with Crippen molar-refractivity contribution in [1.29, 1.82) is 0 Å². The van der Waals surface area contributed by atoms with E-state index in [4.69, 9.17) is 15.0 Å². The van der Waals surface area contributed by atoms with Gasteiger partial charge in [-0.25, -0.2) is 0 Å². The molecule has 0 N–H and O–H groups in total. The van der Waals surface area contributed by atoms with Gasteiger partial charge in [-0.15, -0.1) is 0 Å². The zero-order chi connectivity index (χ0) is 12.7. The Kier molecular flexibility index (Phi) is 4.58. The van der Waals surface area contributed by atoms with Crippen LogP contribution in [0.3, 0.4) is 0 Å². The topological polar surface area (TPSA) is 110 Å². The summed E-state index contributed by atoms with van der Waals surface area (Å²) in [5, 5.41) is 13.8. The molecule has 0 atom stereocenters. The average Bonchev–Trinajstić information content (AvgIpc) is 2.34. The maximum atomic E-state index is 10.5. The summed E-state index contributed by atoms with van der Waals surface area (Å²) in [5.41, 5.74) is 7.99. The van der Waals surface area contributed by atoms with Crippen LogP contribution in [-0.2, 0) is 0 Å². The first-order chi connectivity index (χ1) is 8.19. The Hall–Kier alpha value is -2.47. The highest BCUT2D eigenvalue weighted by Crippen LogP contribution is 2.30. The molecule has 1 aromatic carbocycles. The highest BCUT2D eigenvalue weighted by molar-refractivity contribution is 5.48. The second-order valence-corrected chi connectivity index (χ2v) is 2.90. The zero-order valence-corrected chi connectivity index (χ0v) is 9.07. The van der Waals surface area contributed by atoms with Gasteiger partial charge in [-0.05, 0) is 11.6 Å². The molecule has 0 fully saturated rings. The average molecular weight is 238 g/mol. The van der Waals surface area contributed by atoms with E-state index in [1.165, 1.54) is 25.3 Å². The summed E-state index contributed by atoms with van der Waals surface area (Å²) in [6.07, 6.45) is 0. The number of non-ortho nitro benzene ring substituents is 1. The molecule has 0 bridgehead atoms. The first-order valence-electron chi connectivity index (χ1n) is 4.65. The minimum Gasteiger partial charge on any atom is -0.493 e. The number of ether oxygens (including phenoxy) is 2. The van der Waals surface area contributed by atoms with E-state index < -0.39 is 4.92 Å². The Morgan fingerprint density at radius 2 is 2.29 bits per heavy atom. The van der Waals surface area contributed by atoms with E-state index in [2.05, 4.69) is 10.0 Å². The number of hydrogen-bond donors (Lipinski definition) is 0. The molecule has 8 nitrogen and oxygen atoms in total. The molecule has 1 rings (SSSR count). The van der Waals surface area contributed by atoms with Crippen molar-refractivity contribution in [2.75, 3.05) is 20.3 Å². The third-order valence-electron chi connectivity index (χ3n) is 1.87. The predicted molar refractivity (Wildman–Crippen MR) is 59.2 cm³/mol. The standard InChI is InChI=1S/C9H10N4O4/c1-16-9-6-7(13(14)15)2-3-8(9)17-5-4-11-12-10/h2-3,6H,4-5H2,1H3. The van der Waals surface area contributed by atoms with Crippen LogP contribution in [-0.4, -0.2) is 25.2 Å². The van der Waals surface area contributed by atoms with E-state index in [1.807, 2.05) is 0 Å². The lowest BCUT2D eigenvalue weighted by molar-refractivity contribution is -0.384. The molecule has 90 valence electrons. The highest BCUT2D eigenvalue weighted by Gasteiger charge is 2.11. The van der Waals surface area contributed by atoms with Gasteiger partial charge in [0.25, 0.3) is 5.69 Å². The molecule has 0 spiro atoms. The quantitative estimate of drug-likeness (QED) is 0.189. The summed E-state index contributed by atoms with van der Waals surface area (Å²) < 4.78 is 10.2. The van der Waals surface area contributed by atoms with Crippen molar-refractivity contribution >= 4 is 5.69 Å². The van der Waals surface area contributed by atoms with Gasteiger partial charge in [-0.3, -0.25) is 10.1 Å². The third kappa shape index (κ3) is 3.54. The number of methoxy groups -OCH3 is 1. The Morgan fingerprint density at radius 3 is 2.88 bits per heavy atom. The van der Waals surface area contributed by atoms with Crippen molar-refractivity contribution in [3.63, 3.8) is 0 Å². The largest absolute Gasteiger partial charge is 0.493 e. The second kappa shape index (κ2) is 6.19. The van der Waals surface area contributed by atoms with Gasteiger partial charge >= 0.3 is 0 Å². The summed E-state index contributed by atoms with van der Waals surface area (Å²) >= 11 is 0. The van der Waals surface area contributed by atoms with Crippen LogP contribution in [0.4, 0.5) is 5.69 Å². The Balaban J connectivity index is 2.78. The van der Waals surface area contributed by atoms with Crippen LogP contribution in [0.1, 0.15) is 0 Å². The molecule has 0 amide bonds. The first kappa shape index (κ1) is 12.6. The zero-order valence-electron chi connectivity index (χ0n) is 9.07. The van der Waals surface area contributed by atoms with Gasteiger partial charge in [0.2, 0.25) is 0 Å². The van der Waals surface area contributed by atoms with Crippen LogP contribution >= 0.6 is 0 Å². The molecule has 0 heterocycles. The second-order valence-electron chi connectivity index (χ2n) is 2.90. The molecule has 0 saturated carbocycles. The fraction of sp³-hybridized carbons (Fsp3) is 0.333. The van der Waals surface area contributed by atoms with Gasteiger partial charge < -0.3 is 9.47 Å². The third-order valence-corrected chi connectivity index (χ3v) is 1.87. The highest BCUT2D eigenvalue weighted by atomic mass is 16.6. The predicted octanol–water partition coefficient (Wildman–Crippen LogP) is 2.29. The summed E-state index contributed by atoms with van der Waals surface area (Å²) in [7, 11) is 1.39. The van der Waals surface area contributed by atoms with Crippen LogP contribution in [0.2, 0.25) is 0 Å². The van der Waals surface area contributed by atoms with Gasteiger partial charge in [0.15, 0.2) is 11.5 Å². The van der Waals surface area contributed by atoms with Gasteiger partial charge in [-0.1, -0.05) is 5.11 Å². The monoisotopic (exact) mass is 238 g/mol. The SMILES string of the molecule is COc1cc([N+](=O)[O-])ccc1OCCN=[N+]=[N-]. The molecule has 0 aliphatic carbocycles. The molecule has 0 aliphatic heterocycles. The molecule has 17 heavy (non-hydrogen) atoms. The fourth-order valence-corrected chi connectivity index (χ4v) is 1.13. The number of nitrogens with zero attached hydrogens (tertiary/aromatic N) is 4. The summed E-state index contributed by atoms with van der Waals surface area (Å²) in [5.74, 6) is 0.631. The van der Waals surface area contributed by atoms with E-state index in [9.17, 15) is 10.1 Å². The van der Waals surface area contributed by atoms with E-state index in [0.717, 1.165) is 0 Å². The van der Waals surface area contributed by atoms with E-state index in [-0.39, 0.29) is 24.6 Å². The van der Waals surface area contributed by atoms with E-state index in [1.54, 1.807) is 0 Å². The first-order valence-corrected chi connectivity index (χ1v) is 4.65. The van der Waals surface area contributed by atoms with Crippen LogP contribution in [0.25, 0.3) is 10.4 Å². The number of azide groups is 1. The fourth-order valence-electron chi connectivity index (χ4n) is 1.13. The Labute approximate surface area is 96.5 Å². The molecule has 0 aromatic heterocycles. The van der Waals surface area contributed by atoms with Crippen LogP contribution in [0, 0.1) is 10.1 Å². The van der Waals surface area contributed by atoms with Gasteiger partial charge in [0.05, 0.1) is 31.3 Å². The number of nitro benzene ring substituents is 1. The normalized spacial score (nSPS) is 9.24.